The van der Waals surface area contributed by atoms with Gasteiger partial charge in [-0.05, 0) is 25.1 Å². The van der Waals surface area contributed by atoms with Gasteiger partial charge in [0.15, 0.2) is 11.7 Å². The highest BCUT2D eigenvalue weighted by atomic mass is 16.4. The molecular weight excluding hydrogens is 244 g/mol. The Labute approximate surface area is 110 Å². The highest BCUT2D eigenvalue weighted by Crippen LogP contribution is 2.32. The number of ketones is 1. The second-order valence-corrected chi connectivity index (χ2v) is 4.88. The molecule has 19 heavy (non-hydrogen) atoms. The summed E-state index contributed by atoms with van der Waals surface area (Å²) < 4.78 is 0. The molecule has 3 rings (SSSR count). The molecule has 2 heterocycles. The predicted molar refractivity (Wildman–Crippen MR) is 70.0 cm³/mol. The molecule has 2 atom stereocenters. The van der Waals surface area contributed by atoms with E-state index in [1.54, 1.807) is 24.3 Å². The van der Waals surface area contributed by atoms with Gasteiger partial charge in [-0.2, -0.15) is 0 Å². The van der Waals surface area contributed by atoms with Crippen LogP contribution in [0.2, 0.25) is 0 Å². The van der Waals surface area contributed by atoms with Crippen LogP contribution in [0.1, 0.15) is 16.8 Å². The number of fused-ring (bicyclic) bond motifs is 1. The van der Waals surface area contributed by atoms with Crippen molar-refractivity contribution < 1.29 is 14.7 Å². The quantitative estimate of drug-likeness (QED) is 0.783. The molecule has 0 radical (unpaired) electrons. The molecule has 0 bridgehead atoms. The van der Waals surface area contributed by atoms with Crippen LogP contribution >= 0.6 is 0 Å². The Morgan fingerprint density at radius 2 is 2.16 bits per heavy atom. The summed E-state index contributed by atoms with van der Waals surface area (Å²) in [6.45, 7) is 1.53. The highest BCUT2D eigenvalue weighted by molar-refractivity contribution is 6.27. The highest BCUT2D eigenvalue weighted by Gasteiger charge is 2.40. The van der Waals surface area contributed by atoms with Gasteiger partial charge in [-0.25, -0.2) is 0 Å². The molecule has 2 aliphatic rings. The lowest BCUT2D eigenvalue weighted by Crippen LogP contribution is -2.38. The molecule has 2 aliphatic heterocycles. The SMILES string of the molecule is O=C(O)C1C(=O)c2ccccc2N=C1C1CCNC1. The van der Waals surface area contributed by atoms with Gasteiger partial charge in [0.05, 0.1) is 5.69 Å². The fourth-order valence-corrected chi connectivity index (χ4v) is 2.75. The molecule has 0 spiro atoms. The minimum Gasteiger partial charge on any atom is -0.480 e. The Morgan fingerprint density at radius 1 is 1.37 bits per heavy atom. The largest absolute Gasteiger partial charge is 0.480 e. The van der Waals surface area contributed by atoms with E-state index in [0.717, 1.165) is 13.0 Å². The Bertz CT molecular complexity index is 574. The molecule has 5 heteroatoms. The average Bonchev–Trinajstić information content (AvgIpc) is 2.92. The van der Waals surface area contributed by atoms with Crippen molar-refractivity contribution in [2.24, 2.45) is 16.8 Å². The normalized spacial score (nSPS) is 25.9. The minimum atomic E-state index is -1.13. The molecule has 0 aromatic heterocycles. The molecule has 1 aromatic carbocycles. The maximum Gasteiger partial charge on any atom is 0.320 e. The standard InChI is InChI=1S/C14H14N2O3/c17-13-9-3-1-2-4-10(9)16-12(11(13)14(18)19)8-5-6-15-7-8/h1-4,8,11,15H,5-7H2,(H,18,19). The Balaban J connectivity index is 2.10. The summed E-state index contributed by atoms with van der Waals surface area (Å²) in [6.07, 6.45) is 0.831. The second kappa shape index (κ2) is 4.59. The Hall–Kier alpha value is -2.01. The first-order valence-corrected chi connectivity index (χ1v) is 6.33. The molecule has 0 saturated carbocycles. The van der Waals surface area contributed by atoms with Crippen molar-refractivity contribution >= 4 is 23.2 Å². The van der Waals surface area contributed by atoms with Gasteiger partial charge in [0, 0.05) is 23.7 Å². The van der Waals surface area contributed by atoms with Gasteiger partial charge in [0.1, 0.15) is 0 Å². The molecule has 98 valence electrons. The lowest BCUT2D eigenvalue weighted by molar-refractivity contribution is -0.138. The lowest BCUT2D eigenvalue weighted by Gasteiger charge is -2.24. The first kappa shape index (κ1) is 12.0. The number of benzene rings is 1. The third-order valence-corrected chi connectivity index (χ3v) is 3.70. The topological polar surface area (TPSA) is 78.8 Å². The van der Waals surface area contributed by atoms with E-state index in [2.05, 4.69) is 10.3 Å². The van der Waals surface area contributed by atoms with Gasteiger partial charge >= 0.3 is 5.97 Å². The van der Waals surface area contributed by atoms with Crippen molar-refractivity contribution in [1.82, 2.24) is 5.32 Å². The summed E-state index contributed by atoms with van der Waals surface area (Å²) in [5.41, 5.74) is 1.50. The molecule has 1 fully saturated rings. The number of aliphatic carboxylic acids is 1. The number of nitrogens with one attached hydrogen (secondary N) is 1. The third kappa shape index (κ3) is 1.96. The molecule has 0 amide bonds. The number of carboxylic acids is 1. The van der Waals surface area contributed by atoms with Gasteiger partial charge in [-0.1, -0.05) is 12.1 Å². The van der Waals surface area contributed by atoms with E-state index in [-0.39, 0.29) is 11.7 Å². The zero-order valence-electron chi connectivity index (χ0n) is 10.3. The van der Waals surface area contributed by atoms with E-state index in [0.29, 0.717) is 23.5 Å². The summed E-state index contributed by atoms with van der Waals surface area (Å²) >= 11 is 0. The first-order valence-electron chi connectivity index (χ1n) is 6.33. The van der Waals surface area contributed by atoms with Crippen LogP contribution in [0.5, 0.6) is 0 Å². The van der Waals surface area contributed by atoms with Crippen molar-refractivity contribution in [3.05, 3.63) is 29.8 Å². The van der Waals surface area contributed by atoms with Crippen LogP contribution in [-0.2, 0) is 4.79 Å². The number of carboxylic acid groups (broad SMARTS) is 1. The number of para-hydroxylation sites is 1. The summed E-state index contributed by atoms with van der Waals surface area (Å²) in [6, 6.07) is 6.93. The fraction of sp³-hybridized carbons (Fsp3) is 0.357. The Morgan fingerprint density at radius 3 is 2.84 bits per heavy atom. The van der Waals surface area contributed by atoms with Crippen LogP contribution < -0.4 is 5.32 Å². The monoisotopic (exact) mass is 258 g/mol. The van der Waals surface area contributed by atoms with E-state index in [9.17, 15) is 14.7 Å². The van der Waals surface area contributed by atoms with Gasteiger partial charge < -0.3 is 10.4 Å². The van der Waals surface area contributed by atoms with E-state index >= 15 is 0 Å². The van der Waals surface area contributed by atoms with Crippen LogP contribution in [0.25, 0.3) is 0 Å². The smallest absolute Gasteiger partial charge is 0.320 e. The van der Waals surface area contributed by atoms with E-state index < -0.39 is 11.9 Å². The number of Topliss-reactive ketones (excluding diaryl/α,β-unsaturated/α-hetero) is 1. The minimum absolute atomic E-state index is 0.0402. The average molecular weight is 258 g/mol. The number of aliphatic imine (C=N–C) groups is 1. The van der Waals surface area contributed by atoms with Gasteiger partial charge in [-0.3, -0.25) is 14.6 Å². The van der Waals surface area contributed by atoms with Crippen molar-refractivity contribution in [2.45, 2.75) is 6.42 Å². The number of hydrogen-bond acceptors (Lipinski definition) is 4. The van der Waals surface area contributed by atoms with Crippen LogP contribution in [0.3, 0.4) is 0 Å². The molecule has 1 saturated heterocycles. The maximum absolute atomic E-state index is 12.3. The molecule has 1 aromatic rings. The summed E-state index contributed by atoms with van der Waals surface area (Å²) in [7, 11) is 0. The molecule has 0 aliphatic carbocycles. The molecule has 2 unspecified atom stereocenters. The molecule has 5 nitrogen and oxygen atoms in total. The van der Waals surface area contributed by atoms with Gasteiger partial charge in [0.2, 0.25) is 0 Å². The zero-order valence-corrected chi connectivity index (χ0v) is 10.3. The number of nitrogens with zero attached hydrogens (tertiary/aromatic N) is 1. The lowest BCUT2D eigenvalue weighted by atomic mass is 9.83. The van der Waals surface area contributed by atoms with Crippen LogP contribution in [0.4, 0.5) is 5.69 Å². The number of hydrogen-bond donors (Lipinski definition) is 2. The summed E-state index contributed by atoms with van der Waals surface area (Å²) in [5.74, 6) is -2.54. The van der Waals surface area contributed by atoms with Crippen LogP contribution in [-0.4, -0.2) is 35.7 Å². The number of carbonyl (C=O) groups excluding carboxylic acids is 1. The zero-order chi connectivity index (χ0) is 13.4. The van der Waals surface area contributed by atoms with Crippen molar-refractivity contribution in [3.8, 4) is 0 Å². The number of rotatable bonds is 2. The first-order chi connectivity index (χ1) is 9.18. The molecular formula is C14H14N2O3. The van der Waals surface area contributed by atoms with Crippen LogP contribution in [0.15, 0.2) is 29.3 Å². The van der Waals surface area contributed by atoms with Crippen molar-refractivity contribution in [1.29, 1.82) is 0 Å². The van der Waals surface area contributed by atoms with E-state index in [1.807, 2.05) is 0 Å². The maximum atomic E-state index is 12.3. The van der Waals surface area contributed by atoms with Crippen LogP contribution in [0, 0.1) is 11.8 Å². The Kier molecular flexibility index (Phi) is 2.91. The second-order valence-electron chi connectivity index (χ2n) is 4.88. The summed E-state index contributed by atoms with van der Waals surface area (Å²) in [5, 5.41) is 12.5. The number of carbonyl (C=O) groups is 2. The van der Waals surface area contributed by atoms with Crippen molar-refractivity contribution in [3.63, 3.8) is 0 Å². The predicted octanol–water partition coefficient (Wildman–Crippen LogP) is 1.27. The molecule has 2 N–H and O–H groups in total. The van der Waals surface area contributed by atoms with E-state index in [4.69, 9.17) is 0 Å². The third-order valence-electron chi connectivity index (χ3n) is 3.70. The summed E-state index contributed by atoms with van der Waals surface area (Å²) in [4.78, 5) is 28.2. The fourth-order valence-electron chi connectivity index (χ4n) is 2.75. The van der Waals surface area contributed by atoms with Crippen molar-refractivity contribution in [2.75, 3.05) is 13.1 Å². The van der Waals surface area contributed by atoms with Gasteiger partial charge in [0.25, 0.3) is 0 Å². The van der Waals surface area contributed by atoms with Gasteiger partial charge in [-0.15, -0.1) is 0 Å². The van der Waals surface area contributed by atoms with E-state index in [1.165, 1.54) is 0 Å².